The van der Waals surface area contributed by atoms with E-state index in [4.69, 9.17) is 4.74 Å². The van der Waals surface area contributed by atoms with Crippen molar-refractivity contribution in [3.8, 4) is 5.75 Å². The summed E-state index contributed by atoms with van der Waals surface area (Å²) in [6.45, 7) is 3.52. The molecule has 0 bridgehead atoms. The standard InChI is InChI=1S/C15H16BrNO/c1-12-4-2-6-14(10-12)17-8-9-18-15-7-3-5-13(16)11-15/h2-7,10-11,17H,8-9H2,1H3. The number of aryl methyl sites for hydroxylation is 1. The zero-order valence-electron chi connectivity index (χ0n) is 10.3. The number of hydrogen-bond acceptors (Lipinski definition) is 2. The van der Waals surface area contributed by atoms with Gasteiger partial charge in [0.15, 0.2) is 0 Å². The highest BCUT2D eigenvalue weighted by Crippen LogP contribution is 2.17. The highest BCUT2D eigenvalue weighted by Gasteiger charge is 1.95. The van der Waals surface area contributed by atoms with Gasteiger partial charge in [-0.3, -0.25) is 0 Å². The number of benzene rings is 2. The maximum absolute atomic E-state index is 5.65. The molecule has 0 atom stereocenters. The van der Waals surface area contributed by atoms with E-state index < -0.39 is 0 Å². The first-order valence-electron chi connectivity index (χ1n) is 5.93. The van der Waals surface area contributed by atoms with Crippen molar-refractivity contribution < 1.29 is 4.74 Å². The summed E-state index contributed by atoms with van der Waals surface area (Å²) in [6, 6.07) is 16.2. The zero-order valence-corrected chi connectivity index (χ0v) is 11.9. The fourth-order valence-electron chi connectivity index (χ4n) is 1.68. The largest absolute Gasteiger partial charge is 0.492 e. The summed E-state index contributed by atoms with van der Waals surface area (Å²) in [4.78, 5) is 0. The van der Waals surface area contributed by atoms with Crippen LogP contribution in [0, 0.1) is 6.92 Å². The number of hydrogen-bond donors (Lipinski definition) is 1. The Bertz CT molecular complexity index is 466. The van der Waals surface area contributed by atoms with E-state index >= 15 is 0 Å². The predicted molar refractivity (Wildman–Crippen MR) is 79.3 cm³/mol. The molecule has 0 unspecified atom stereocenters. The molecule has 3 heteroatoms. The van der Waals surface area contributed by atoms with Crippen molar-refractivity contribution in [1.29, 1.82) is 0 Å². The molecular formula is C15H16BrNO. The van der Waals surface area contributed by atoms with Crippen LogP contribution in [-0.4, -0.2) is 13.2 Å². The van der Waals surface area contributed by atoms with Crippen molar-refractivity contribution in [3.05, 3.63) is 58.6 Å². The molecule has 2 aromatic carbocycles. The van der Waals surface area contributed by atoms with Crippen molar-refractivity contribution in [3.63, 3.8) is 0 Å². The molecule has 0 aliphatic carbocycles. The third kappa shape index (κ3) is 4.08. The molecular weight excluding hydrogens is 290 g/mol. The second-order valence-electron chi connectivity index (χ2n) is 4.10. The summed E-state index contributed by atoms with van der Waals surface area (Å²) in [5.41, 5.74) is 2.39. The SMILES string of the molecule is Cc1cccc(NCCOc2cccc(Br)c2)c1. The van der Waals surface area contributed by atoms with Crippen LogP contribution in [-0.2, 0) is 0 Å². The van der Waals surface area contributed by atoms with E-state index in [1.807, 2.05) is 30.3 Å². The third-order valence-corrected chi connectivity index (χ3v) is 3.01. The number of rotatable bonds is 5. The highest BCUT2D eigenvalue weighted by molar-refractivity contribution is 9.10. The monoisotopic (exact) mass is 305 g/mol. The van der Waals surface area contributed by atoms with Crippen molar-refractivity contribution in [1.82, 2.24) is 0 Å². The van der Waals surface area contributed by atoms with Gasteiger partial charge in [0.1, 0.15) is 12.4 Å². The fraction of sp³-hybridized carbons (Fsp3) is 0.200. The molecule has 2 rings (SSSR count). The molecule has 94 valence electrons. The van der Waals surface area contributed by atoms with Gasteiger partial charge in [0.2, 0.25) is 0 Å². The number of nitrogens with one attached hydrogen (secondary N) is 1. The van der Waals surface area contributed by atoms with E-state index in [9.17, 15) is 0 Å². The van der Waals surface area contributed by atoms with Gasteiger partial charge in [0, 0.05) is 16.7 Å². The maximum atomic E-state index is 5.65. The van der Waals surface area contributed by atoms with E-state index in [1.54, 1.807) is 0 Å². The first-order chi connectivity index (χ1) is 8.74. The Morgan fingerprint density at radius 3 is 2.72 bits per heavy atom. The summed E-state index contributed by atoms with van der Waals surface area (Å²) in [7, 11) is 0. The van der Waals surface area contributed by atoms with Gasteiger partial charge >= 0.3 is 0 Å². The molecule has 0 saturated heterocycles. The van der Waals surface area contributed by atoms with Gasteiger partial charge in [-0.2, -0.15) is 0 Å². The lowest BCUT2D eigenvalue weighted by molar-refractivity contribution is 0.332. The Morgan fingerprint density at radius 1 is 1.11 bits per heavy atom. The van der Waals surface area contributed by atoms with E-state index in [-0.39, 0.29) is 0 Å². The van der Waals surface area contributed by atoms with Crippen molar-refractivity contribution in [2.75, 3.05) is 18.5 Å². The Kier molecular flexibility index (Phi) is 4.65. The van der Waals surface area contributed by atoms with Gasteiger partial charge in [-0.15, -0.1) is 0 Å². The van der Waals surface area contributed by atoms with Crippen LogP contribution in [0.1, 0.15) is 5.56 Å². The molecule has 0 fully saturated rings. The average Bonchev–Trinajstić information content (AvgIpc) is 2.35. The summed E-state index contributed by atoms with van der Waals surface area (Å²) >= 11 is 3.42. The lowest BCUT2D eigenvalue weighted by atomic mass is 10.2. The lowest BCUT2D eigenvalue weighted by Gasteiger charge is -2.09. The first kappa shape index (κ1) is 13.0. The maximum Gasteiger partial charge on any atom is 0.120 e. The Labute approximate surface area is 116 Å². The molecule has 0 amide bonds. The smallest absolute Gasteiger partial charge is 0.120 e. The second kappa shape index (κ2) is 6.45. The van der Waals surface area contributed by atoms with E-state index in [0.29, 0.717) is 6.61 Å². The van der Waals surface area contributed by atoms with Crippen molar-refractivity contribution >= 4 is 21.6 Å². The highest BCUT2D eigenvalue weighted by atomic mass is 79.9. The van der Waals surface area contributed by atoms with Crippen LogP contribution >= 0.6 is 15.9 Å². The first-order valence-corrected chi connectivity index (χ1v) is 6.72. The summed E-state index contributed by atoms with van der Waals surface area (Å²) in [5.74, 6) is 0.885. The minimum Gasteiger partial charge on any atom is -0.492 e. The minimum atomic E-state index is 0.643. The van der Waals surface area contributed by atoms with Crippen LogP contribution in [0.15, 0.2) is 53.0 Å². The predicted octanol–water partition coefficient (Wildman–Crippen LogP) is 4.25. The van der Waals surface area contributed by atoms with Gasteiger partial charge in [0.25, 0.3) is 0 Å². The van der Waals surface area contributed by atoms with Gasteiger partial charge in [-0.05, 0) is 42.8 Å². The number of halogens is 1. The zero-order chi connectivity index (χ0) is 12.8. The van der Waals surface area contributed by atoms with Crippen LogP contribution in [0.4, 0.5) is 5.69 Å². The lowest BCUT2D eigenvalue weighted by Crippen LogP contribution is -2.11. The number of anilines is 1. The van der Waals surface area contributed by atoms with Crippen LogP contribution in [0.25, 0.3) is 0 Å². The van der Waals surface area contributed by atoms with Gasteiger partial charge in [0.05, 0.1) is 0 Å². The molecule has 0 aliphatic rings. The molecule has 0 radical (unpaired) electrons. The molecule has 18 heavy (non-hydrogen) atoms. The second-order valence-corrected chi connectivity index (χ2v) is 5.02. The molecule has 0 spiro atoms. The van der Waals surface area contributed by atoms with Crippen LogP contribution < -0.4 is 10.1 Å². The van der Waals surface area contributed by atoms with Crippen molar-refractivity contribution in [2.45, 2.75) is 6.92 Å². The van der Waals surface area contributed by atoms with Crippen molar-refractivity contribution in [2.24, 2.45) is 0 Å². The molecule has 0 heterocycles. The average molecular weight is 306 g/mol. The molecule has 0 saturated carbocycles. The molecule has 1 N–H and O–H groups in total. The van der Waals surface area contributed by atoms with Gasteiger partial charge in [-0.25, -0.2) is 0 Å². The summed E-state index contributed by atoms with van der Waals surface area (Å²) < 4.78 is 6.68. The molecule has 0 aromatic heterocycles. The normalized spacial score (nSPS) is 10.1. The van der Waals surface area contributed by atoms with Crippen LogP contribution in [0.3, 0.4) is 0 Å². The Hall–Kier alpha value is -1.48. The van der Waals surface area contributed by atoms with Gasteiger partial charge in [-0.1, -0.05) is 34.1 Å². The third-order valence-electron chi connectivity index (χ3n) is 2.51. The van der Waals surface area contributed by atoms with E-state index in [2.05, 4.69) is 46.4 Å². The number of ether oxygens (including phenoxy) is 1. The minimum absolute atomic E-state index is 0.643. The van der Waals surface area contributed by atoms with E-state index in [1.165, 1.54) is 5.56 Å². The summed E-state index contributed by atoms with van der Waals surface area (Å²) in [5, 5.41) is 3.33. The Morgan fingerprint density at radius 2 is 1.94 bits per heavy atom. The van der Waals surface area contributed by atoms with Crippen LogP contribution in [0.2, 0.25) is 0 Å². The van der Waals surface area contributed by atoms with Crippen LogP contribution in [0.5, 0.6) is 5.75 Å². The Balaban J connectivity index is 1.76. The summed E-state index contributed by atoms with van der Waals surface area (Å²) in [6.07, 6.45) is 0. The molecule has 2 nitrogen and oxygen atoms in total. The molecule has 0 aliphatic heterocycles. The quantitative estimate of drug-likeness (QED) is 0.834. The fourth-order valence-corrected chi connectivity index (χ4v) is 2.05. The van der Waals surface area contributed by atoms with Gasteiger partial charge < -0.3 is 10.1 Å². The topological polar surface area (TPSA) is 21.3 Å². The van der Waals surface area contributed by atoms with E-state index in [0.717, 1.165) is 22.5 Å². The molecule has 2 aromatic rings.